The van der Waals surface area contributed by atoms with Crippen LogP contribution in [-0.4, -0.2) is 147 Å². The molecule has 33 heavy (non-hydrogen) atoms. The van der Waals surface area contributed by atoms with Gasteiger partial charge in [0.1, 0.15) is 61.0 Å². The maximum atomic E-state index is 10.7. The zero-order chi connectivity index (χ0) is 24.6. The summed E-state index contributed by atoms with van der Waals surface area (Å²) >= 11 is 0. The number of ether oxygens (including phenoxy) is 6. The molecule has 194 valence electrons. The average Bonchev–Trinajstić information content (AvgIpc) is 2.80. The van der Waals surface area contributed by atoms with Gasteiger partial charge in [0.2, 0.25) is 0 Å². The highest BCUT2D eigenvalue weighted by molar-refractivity contribution is 4.95. The van der Waals surface area contributed by atoms with E-state index in [9.17, 15) is 40.9 Å². The van der Waals surface area contributed by atoms with Crippen LogP contribution in [-0.2, 0) is 28.4 Å². The Hall–Kier alpha value is -0.560. The van der Waals surface area contributed by atoms with Gasteiger partial charge in [0, 0.05) is 7.11 Å². The summed E-state index contributed by atoms with van der Waals surface area (Å²) in [5.74, 6) is 0. The van der Waals surface area contributed by atoms with Gasteiger partial charge < -0.3 is 69.3 Å². The second-order valence-corrected chi connectivity index (χ2v) is 8.52. The third kappa shape index (κ3) is 5.34. The molecule has 0 unspecified atom stereocenters. The summed E-state index contributed by atoms with van der Waals surface area (Å²) < 4.78 is 33.2. The normalized spacial score (nSPS) is 53.7. The zero-order valence-electron chi connectivity index (χ0n) is 18.4. The molecule has 3 aliphatic heterocycles. The molecule has 3 heterocycles. The quantitative estimate of drug-likeness (QED) is 0.177. The van der Waals surface area contributed by atoms with Gasteiger partial charge in [-0.1, -0.05) is 0 Å². The van der Waals surface area contributed by atoms with Crippen molar-refractivity contribution < 1.29 is 69.3 Å². The van der Waals surface area contributed by atoms with E-state index in [1.807, 2.05) is 0 Å². The highest BCUT2D eigenvalue weighted by Gasteiger charge is 2.53. The van der Waals surface area contributed by atoms with E-state index >= 15 is 0 Å². The molecule has 0 aromatic rings. The molecule has 0 aromatic heterocycles. The van der Waals surface area contributed by atoms with Crippen LogP contribution in [0.1, 0.15) is 13.8 Å². The van der Waals surface area contributed by atoms with Crippen molar-refractivity contribution in [2.24, 2.45) is 0 Å². The second-order valence-electron chi connectivity index (χ2n) is 8.52. The van der Waals surface area contributed by atoms with Crippen LogP contribution >= 0.6 is 0 Å². The molecule has 3 fully saturated rings. The second kappa shape index (κ2) is 11.0. The van der Waals surface area contributed by atoms with Crippen LogP contribution in [0.5, 0.6) is 0 Å². The molecule has 0 aromatic carbocycles. The third-order valence-corrected chi connectivity index (χ3v) is 6.23. The lowest BCUT2D eigenvalue weighted by Crippen LogP contribution is -2.66. The standard InChI is InChI=1S/C19H34O14/c1-5-8(21)11(24)13(26)17(29-5)33-16-15(9(22)6(2)30-19(16)28-3)32-18-14(27)12(25)10(23)7(4-20)31-18/h5-27H,4H2,1-3H3/t5-,6-,7+,8-,9-,10+,11-,12+,13-,14+,15-,16-,17-,18-,19+/m0/s1. The van der Waals surface area contributed by atoms with E-state index < -0.39 is 98.7 Å². The van der Waals surface area contributed by atoms with Gasteiger partial charge in [-0.05, 0) is 13.8 Å². The summed E-state index contributed by atoms with van der Waals surface area (Å²) in [6.07, 6.45) is -21.0. The Morgan fingerprint density at radius 1 is 0.576 bits per heavy atom. The van der Waals surface area contributed by atoms with Crippen molar-refractivity contribution >= 4 is 0 Å². The molecule has 8 N–H and O–H groups in total. The first kappa shape index (κ1) is 27.0. The van der Waals surface area contributed by atoms with Gasteiger partial charge in [0.15, 0.2) is 18.9 Å². The molecular formula is C19H34O14. The molecule has 14 nitrogen and oxygen atoms in total. The van der Waals surface area contributed by atoms with Gasteiger partial charge >= 0.3 is 0 Å². The van der Waals surface area contributed by atoms with Gasteiger partial charge in [-0.2, -0.15) is 0 Å². The summed E-state index contributed by atoms with van der Waals surface area (Å²) in [6.45, 7) is 2.29. The van der Waals surface area contributed by atoms with E-state index in [1.165, 1.54) is 21.0 Å². The Balaban J connectivity index is 1.83. The average molecular weight is 486 g/mol. The number of aliphatic hydroxyl groups excluding tert-OH is 8. The number of methoxy groups -OCH3 is 1. The van der Waals surface area contributed by atoms with E-state index in [-0.39, 0.29) is 0 Å². The molecule has 0 bridgehead atoms. The van der Waals surface area contributed by atoms with Gasteiger partial charge in [0.25, 0.3) is 0 Å². The molecule has 14 heteroatoms. The zero-order valence-corrected chi connectivity index (χ0v) is 18.4. The van der Waals surface area contributed by atoms with Gasteiger partial charge in [-0.25, -0.2) is 0 Å². The first-order valence-corrected chi connectivity index (χ1v) is 10.7. The lowest BCUT2D eigenvalue weighted by molar-refractivity contribution is -0.386. The molecule has 15 atom stereocenters. The van der Waals surface area contributed by atoms with Crippen molar-refractivity contribution in [1.29, 1.82) is 0 Å². The Bertz CT molecular complexity index is 623. The maximum absolute atomic E-state index is 10.7. The van der Waals surface area contributed by atoms with Gasteiger partial charge in [-0.15, -0.1) is 0 Å². The number of rotatable bonds is 6. The molecule has 3 aliphatic rings. The monoisotopic (exact) mass is 486 g/mol. The van der Waals surface area contributed by atoms with Crippen molar-refractivity contribution in [3.8, 4) is 0 Å². The largest absolute Gasteiger partial charge is 0.394 e. The summed E-state index contributed by atoms with van der Waals surface area (Å²) in [5, 5.41) is 80.8. The fourth-order valence-corrected chi connectivity index (χ4v) is 4.09. The van der Waals surface area contributed by atoms with E-state index in [0.29, 0.717) is 0 Å². The molecule has 3 rings (SSSR count). The Labute approximate surface area is 189 Å². The molecule has 0 saturated carbocycles. The van der Waals surface area contributed by atoms with Crippen molar-refractivity contribution in [3.05, 3.63) is 0 Å². The van der Waals surface area contributed by atoms with Crippen LogP contribution in [0, 0.1) is 0 Å². The van der Waals surface area contributed by atoms with Crippen molar-refractivity contribution in [2.45, 2.75) is 106 Å². The third-order valence-electron chi connectivity index (χ3n) is 6.23. The molecule has 0 aliphatic carbocycles. The molecular weight excluding hydrogens is 452 g/mol. The first-order valence-electron chi connectivity index (χ1n) is 10.7. The van der Waals surface area contributed by atoms with Gasteiger partial charge in [0.05, 0.1) is 18.8 Å². The highest BCUT2D eigenvalue weighted by atomic mass is 16.8. The molecule has 3 saturated heterocycles. The summed E-state index contributed by atoms with van der Waals surface area (Å²) in [5.41, 5.74) is 0. The Morgan fingerprint density at radius 2 is 1.06 bits per heavy atom. The predicted octanol–water partition coefficient (Wildman–Crippen LogP) is -4.86. The SMILES string of the molecule is CO[C@@H]1O[C@@H](C)[C@H](O)[C@H](O[C@@H]2O[C@H](CO)[C@@H](O)[C@@H](O)[C@H]2O)[C@@H]1O[C@@H]1O[C@@H](C)[C@H](O)[C@H](O)[C@@H]1O. The van der Waals surface area contributed by atoms with E-state index in [0.717, 1.165) is 0 Å². The number of aliphatic hydroxyl groups is 8. The van der Waals surface area contributed by atoms with E-state index in [1.54, 1.807) is 0 Å². The summed E-state index contributed by atoms with van der Waals surface area (Å²) in [7, 11) is 1.29. The molecule has 0 amide bonds. The summed E-state index contributed by atoms with van der Waals surface area (Å²) in [4.78, 5) is 0. The Kier molecular flexibility index (Phi) is 9.02. The van der Waals surface area contributed by atoms with Crippen LogP contribution in [0.15, 0.2) is 0 Å². The lowest BCUT2D eigenvalue weighted by atomic mass is 9.96. The van der Waals surface area contributed by atoms with Crippen LogP contribution in [0.4, 0.5) is 0 Å². The van der Waals surface area contributed by atoms with Crippen LogP contribution in [0.3, 0.4) is 0 Å². The van der Waals surface area contributed by atoms with Crippen LogP contribution < -0.4 is 0 Å². The lowest BCUT2D eigenvalue weighted by Gasteiger charge is -2.48. The number of hydrogen-bond acceptors (Lipinski definition) is 14. The van der Waals surface area contributed by atoms with E-state index in [4.69, 9.17) is 28.4 Å². The van der Waals surface area contributed by atoms with Crippen molar-refractivity contribution in [1.82, 2.24) is 0 Å². The molecule has 0 spiro atoms. The topological polar surface area (TPSA) is 217 Å². The van der Waals surface area contributed by atoms with Gasteiger partial charge in [-0.3, -0.25) is 0 Å². The minimum Gasteiger partial charge on any atom is -0.394 e. The predicted molar refractivity (Wildman–Crippen MR) is 103 cm³/mol. The van der Waals surface area contributed by atoms with Crippen LogP contribution in [0.25, 0.3) is 0 Å². The minimum absolute atomic E-state index is 0.682. The van der Waals surface area contributed by atoms with E-state index in [2.05, 4.69) is 0 Å². The molecule has 0 radical (unpaired) electrons. The van der Waals surface area contributed by atoms with Crippen molar-refractivity contribution in [3.63, 3.8) is 0 Å². The smallest absolute Gasteiger partial charge is 0.187 e. The Morgan fingerprint density at radius 3 is 1.64 bits per heavy atom. The number of hydrogen-bond donors (Lipinski definition) is 8. The minimum atomic E-state index is -1.75. The van der Waals surface area contributed by atoms with Crippen molar-refractivity contribution in [2.75, 3.05) is 13.7 Å². The van der Waals surface area contributed by atoms with Crippen LogP contribution in [0.2, 0.25) is 0 Å². The first-order chi connectivity index (χ1) is 15.5. The highest BCUT2D eigenvalue weighted by Crippen LogP contribution is 2.33. The fraction of sp³-hybridized carbons (Fsp3) is 1.00. The maximum Gasteiger partial charge on any atom is 0.187 e. The summed E-state index contributed by atoms with van der Waals surface area (Å²) in [6, 6.07) is 0. The fourth-order valence-electron chi connectivity index (χ4n) is 4.09.